The molecule has 0 aliphatic heterocycles. The summed E-state index contributed by atoms with van der Waals surface area (Å²) in [6.45, 7) is 2.52. The number of amides is 3. The SMILES string of the molecule is CC(=O)Nc1ccc(CC(=O)Nc2ccc(S(=O)(=O)NC(C)=O)cc2)cc1. The molecular formula is C18H19N3O5S. The van der Waals surface area contributed by atoms with Gasteiger partial charge in [-0.3, -0.25) is 14.4 Å². The van der Waals surface area contributed by atoms with E-state index in [0.29, 0.717) is 11.4 Å². The van der Waals surface area contributed by atoms with E-state index in [1.807, 2.05) is 4.72 Å². The van der Waals surface area contributed by atoms with Crippen LogP contribution in [0.4, 0.5) is 11.4 Å². The molecule has 0 unspecified atom stereocenters. The topological polar surface area (TPSA) is 121 Å². The van der Waals surface area contributed by atoms with Crippen LogP contribution in [0.3, 0.4) is 0 Å². The Morgan fingerprint density at radius 3 is 1.81 bits per heavy atom. The molecule has 0 aromatic heterocycles. The molecule has 27 heavy (non-hydrogen) atoms. The molecule has 0 aliphatic carbocycles. The van der Waals surface area contributed by atoms with Crippen LogP contribution in [-0.4, -0.2) is 26.1 Å². The molecule has 3 N–H and O–H groups in total. The minimum Gasteiger partial charge on any atom is -0.326 e. The first-order valence-corrected chi connectivity index (χ1v) is 9.44. The van der Waals surface area contributed by atoms with E-state index < -0.39 is 15.9 Å². The highest BCUT2D eigenvalue weighted by Crippen LogP contribution is 2.15. The summed E-state index contributed by atoms with van der Waals surface area (Å²) in [4.78, 5) is 33.9. The summed E-state index contributed by atoms with van der Waals surface area (Å²) >= 11 is 0. The summed E-state index contributed by atoms with van der Waals surface area (Å²) in [5, 5.41) is 5.31. The van der Waals surface area contributed by atoms with Crippen LogP contribution in [0.5, 0.6) is 0 Å². The van der Waals surface area contributed by atoms with Gasteiger partial charge in [0.15, 0.2) is 0 Å². The zero-order valence-corrected chi connectivity index (χ0v) is 15.6. The fourth-order valence-electron chi connectivity index (χ4n) is 2.27. The van der Waals surface area contributed by atoms with Gasteiger partial charge in [-0.2, -0.15) is 0 Å². The number of anilines is 2. The van der Waals surface area contributed by atoms with E-state index in [1.165, 1.54) is 31.2 Å². The van der Waals surface area contributed by atoms with Gasteiger partial charge in [0, 0.05) is 25.2 Å². The Hall–Kier alpha value is -3.20. The van der Waals surface area contributed by atoms with Gasteiger partial charge in [0.2, 0.25) is 17.7 Å². The quantitative estimate of drug-likeness (QED) is 0.694. The van der Waals surface area contributed by atoms with Crippen LogP contribution >= 0.6 is 0 Å². The van der Waals surface area contributed by atoms with E-state index in [1.54, 1.807) is 24.3 Å². The van der Waals surface area contributed by atoms with Gasteiger partial charge in [0.1, 0.15) is 0 Å². The average molecular weight is 389 g/mol. The standard InChI is InChI=1S/C18H19N3O5S/c1-12(22)19-15-5-3-14(4-6-15)11-18(24)20-16-7-9-17(10-8-16)27(25,26)21-13(2)23/h3-10H,11H2,1-2H3,(H,19,22)(H,20,24)(H,21,23). The summed E-state index contributed by atoms with van der Waals surface area (Å²) in [5.41, 5.74) is 1.82. The first-order valence-electron chi connectivity index (χ1n) is 7.95. The second-order valence-corrected chi connectivity index (χ2v) is 7.47. The molecule has 0 heterocycles. The molecule has 2 aromatic carbocycles. The number of benzene rings is 2. The van der Waals surface area contributed by atoms with Crippen LogP contribution in [0.25, 0.3) is 0 Å². The Balaban J connectivity index is 1.97. The maximum atomic E-state index is 12.1. The second kappa shape index (κ2) is 8.45. The second-order valence-electron chi connectivity index (χ2n) is 5.79. The minimum absolute atomic E-state index is 0.0794. The van der Waals surface area contributed by atoms with Crippen molar-refractivity contribution in [3.63, 3.8) is 0 Å². The van der Waals surface area contributed by atoms with E-state index >= 15 is 0 Å². The summed E-state index contributed by atoms with van der Waals surface area (Å²) in [5.74, 6) is -1.14. The van der Waals surface area contributed by atoms with Crippen molar-refractivity contribution >= 4 is 39.1 Å². The minimum atomic E-state index is -3.91. The monoisotopic (exact) mass is 389 g/mol. The van der Waals surface area contributed by atoms with E-state index in [4.69, 9.17) is 0 Å². The lowest BCUT2D eigenvalue weighted by Crippen LogP contribution is -2.28. The number of nitrogens with one attached hydrogen (secondary N) is 3. The lowest BCUT2D eigenvalue weighted by Gasteiger charge is -2.08. The van der Waals surface area contributed by atoms with Crippen molar-refractivity contribution in [2.75, 3.05) is 10.6 Å². The van der Waals surface area contributed by atoms with Gasteiger partial charge < -0.3 is 10.6 Å². The predicted octanol–water partition coefficient (Wildman–Crippen LogP) is 1.65. The summed E-state index contributed by atoms with van der Waals surface area (Å²) in [6.07, 6.45) is 0.117. The van der Waals surface area contributed by atoms with Crippen molar-refractivity contribution in [2.45, 2.75) is 25.2 Å². The van der Waals surface area contributed by atoms with Gasteiger partial charge in [0.25, 0.3) is 10.0 Å². The van der Waals surface area contributed by atoms with Crippen molar-refractivity contribution in [3.8, 4) is 0 Å². The van der Waals surface area contributed by atoms with Crippen LogP contribution in [0.2, 0.25) is 0 Å². The zero-order chi connectivity index (χ0) is 20.0. The number of hydrogen-bond acceptors (Lipinski definition) is 5. The van der Waals surface area contributed by atoms with Gasteiger partial charge in [-0.1, -0.05) is 12.1 Å². The molecule has 0 radical (unpaired) electrons. The Morgan fingerprint density at radius 2 is 1.30 bits per heavy atom. The molecular weight excluding hydrogens is 370 g/mol. The van der Waals surface area contributed by atoms with Gasteiger partial charge in [0.05, 0.1) is 11.3 Å². The third-order valence-corrected chi connectivity index (χ3v) is 4.81. The molecule has 2 aromatic rings. The van der Waals surface area contributed by atoms with Gasteiger partial charge >= 0.3 is 0 Å². The average Bonchev–Trinajstić information content (AvgIpc) is 2.55. The summed E-state index contributed by atoms with van der Waals surface area (Å²) in [7, 11) is -3.91. The number of carbonyl (C=O) groups excluding carboxylic acids is 3. The van der Waals surface area contributed by atoms with Crippen LogP contribution < -0.4 is 15.4 Å². The lowest BCUT2D eigenvalue weighted by molar-refractivity contribution is -0.117. The number of hydrogen-bond donors (Lipinski definition) is 3. The molecule has 0 atom stereocenters. The molecule has 0 bridgehead atoms. The van der Waals surface area contributed by atoms with E-state index in [2.05, 4.69) is 10.6 Å². The molecule has 0 saturated carbocycles. The summed E-state index contributed by atoms with van der Waals surface area (Å²) in [6, 6.07) is 12.3. The molecule has 2 rings (SSSR count). The molecule has 0 saturated heterocycles. The van der Waals surface area contributed by atoms with Gasteiger partial charge in [-0.25, -0.2) is 13.1 Å². The Bertz CT molecular complexity index is 951. The largest absolute Gasteiger partial charge is 0.326 e. The third kappa shape index (κ3) is 6.23. The van der Waals surface area contributed by atoms with E-state index in [0.717, 1.165) is 12.5 Å². The Kier molecular flexibility index (Phi) is 6.30. The van der Waals surface area contributed by atoms with Crippen molar-refractivity contribution in [1.29, 1.82) is 0 Å². The van der Waals surface area contributed by atoms with E-state index in [-0.39, 0.29) is 23.1 Å². The molecule has 8 nitrogen and oxygen atoms in total. The van der Waals surface area contributed by atoms with Crippen LogP contribution in [0, 0.1) is 0 Å². The first kappa shape index (κ1) is 20.1. The van der Waals surface area contributed by atoms with E-state index in [9.17, 15) is 22.8 Å². The third-order valence-electron chi connectivity index (χ3n) is 3.37. The zero-order valence-electron chi connectivity index (χ0n) is 14.8. The molecule has 142 valence electrons. The van der Waals surface area contributed by atoms with Gasteiger partial charge in [-0.15, -0.1) is 0 Å². The predicted molar refractivity (Wildman–Crippen MR) is 101 cm³/mol. The summed E-state index contributed by atoms with van der Waals surface area (Å²) < 4.78 is 25.6. The van der Waals surface area contributed by atoms with Crippen molar-refractivity contribution < 1.29 is 22.8 Å². The number of rotatable bonds is 6. The number of sulfonamides is 1. The molecule has 3 amide bonds. The lowest BCUT2D eigenvalue weighted by atomic mass is 10.1. The van der Waals surface area contributed by atoms with Crippen LogP contribution in [0.15, 0.2) is 53.4 Å². The fourth-order valence-corrected chi connectivity index (χ4v) is 3.26. The maximum absolute atomic E-state index is 12.1. The highest BCUT2D eigenvalue weighted by molar-refractivity contribution is 7.90. The Labute approximate surface area is 157 Å². The molecule has 0 spiro atoms. The molecule has 9 heteroatoms. The first-order chi connectivity index (χ1) is 12.7. The fraction of sp³-hybridized carbons (Fsp3) is 0.167. The van der Waals surface area contributed by atoms with Crippen molar-refractivity contribution in [1.82, 2.24) is 4.72 Å². The molecule has 0 aliphatic rings. The maximum Gasteiger partial charge on any atom is 0.264 e. The van der Waals surface area contributed by atoms with Crippen LogP contribution in [0.1, 0.15) is 19.4 Å². The van der Waals surface area contributed by atoms with Crippen molar-refractivity contribution in [2.24, 2.45) is 0 Å². The Morgan fingerprint density at radius 1 is 0.778 bits per heavy atom. The highest BCUT2D eigenvalue weighted by atomic mass is 32.2. The van der Waals surface area contributed by atoms with Crippen molar-refractivity contribution in [3.05, 3.63) is 54.1 Å². The smallest absolute Gasteiger partial charge is 0.264 e. The highest BCUT2D eigenvalue weighted by Gasteiger charge is 2.15. The molecule has 0 fully saturated rings. The van der Waals surface area contributed by atoms with Crippen LogP contribution in [-0.2, 0) is 30.8 Å². The number of carbonyl (C=O) groups is 3. The normalized spacial score (nSPS) is 10.7. The van der Waals surface area contributed by atoms with Gasteiger partial charge in [-0.05, 0) is 42.0 Å².